The zero-order valence-corrected chi connectivity index (χ0v) is 11.2. The third kappa shape index (κ3) is 3.61. The van der Waals surface area contributed by atoms with E-state index in [0.717, 1.165) is 5.56 Å². The lowest BCUT2D eigenvalue weighted by molar-refractivity contribution is 0.0936. The van der Waals surface area contributed by atoms with Gasteiger partial charge >= 0.3 is 0 Å². The Bertz CT molecular complexity index is 498. The summed E-state index contributed by atoms with van der Waals surface area (Å²) in [4.78, 5) is 12.0. The number of amides is 1. The van der Waals surface area contributed by atoms with Gasteiger partial charge in [0.2, 0.25) is 0 Å². The summed E-state index contributed by atoms with van der Waals surface area (Å²) in [5.74, 6) is -0.690. The molecular weight excluding hydrogens is 246 g/mol. The van der Waals surface area contributed by atoms with Gasteiger partial charge in [-0.15, -0.1) is 0 Å². The number of nitrogens with two attached hydrogens (primary N) is 1. The molecule has 1 aromatic rings. The Labute approximate surface area is 111 Å². The number of oxime groups is 1. The molecule has 6 heteroatoms. The molecule has 0 saturated carbocycles. The number of aromatic hydroxyl groups is 1. The van der Waals surface area contributed by atoms with Gasteiger partial charge in [-0.2, -0.15) is 0 Å². The molecule has 0 heterocycles. The Kier molecular flexibility index (Phi) is 4.74. The van der Waals surface area contributed by atoms with Crippen molar-refractivity contribution in [2.45, 2.75) is 26.8 Å². The highest BCUT2D eigenvalue weighted by atomic mass is 16.4. The Morgan fingerprint density at radius 3 is 2.53 bits per heavy atom. The lowest BCUT2D eigenvalue weighted by atomic mass is 10.0. The molecule has 0 saturated heterocycles. The van der Waals surface area contributed by atoms with Crippen molar-refractivity contribution in [1.29, 1.82) is 0 Å². The standard InChI is InChI=1S/C13H19N3O3/c1-7(2)11(12(14)16-19)15-13(18)9-5-4-8(3)6-10(9)17/h4-7,11,17,19H,1-3H3,(H2,14,16)(H,15,18). The number of nitrogens with zero attached hydrogens (tertiary/aromatic N) is 1. The quantitative estimate of drug-likeness (QED) is 0.284. The van der Waals surface area contributed by atoms with E-state index >= 15 is 0 Å². The SMILES string of the molecule is Cc1ccc(C(=O)NC(C(N)=NO)C(C)C)c(O)c1. The molecule has 0 radical (unpaired) electrons. The predicted octanol–water partition coefficient (Wildman–Crippen LogP) is 1.20. The van der Waals surface area contributed by atoms with Crippen LogP contribution in [0.3, 0.4) is 0 Å². The normalized spacial score (nSPS) is 13.4. The number of phenolic OH excluding ortho intramolecular Hbond substituents is 1. The van der Waals surface area contributed by atoms with Gasteiger partial charge in [-0.25, -0.2) is 0 Å². The molecule has 0 aliphatic heterocycles. The molecule has 0 spiro atoms. The van der Waals surface area contributed by atoms with Crippen molar-refractivity contribution in [3.05, 3.63) is 29.3 Å². The van der Waals surface area contributed by atoms with Gasteiger partial charge in [0.25, 0.3) is 5.91 Å². The zero-order valence-electron chi connectivity index (χ0n) is 11.2. The van der Waals surface area contributed by atoms with Crippen LogP contribution in [-0.2, 0) is 0 Å². The predicted molar refractivity (Wildman–Crippen MR) is 72.3 cm³/mol. The second-order valence-electron chi connectivity index (χ2n) is 4.74. The van der Waals surface area contributed by atoms with Crippen molar-refractivity contribution in [2.24, 2.45) is 16.8 Å². The molecule has 1 amide bonds. The molecule has 1 rings (SSSR count). The van der Waals surface area contributed by atoms with Crippen LogP contribution in [0.15, 0.2) is 23.4 Å². The van der Waals surface area contributed by atoms with Crippen molar-refractivity contribution in [1.82, 2.24) is 5.32 Å². The smallest absolute Gasteiger partial charge is 0.255 e. The van der Waals surface area contributed by atoms with E-state index in [1.807, 2.05) is 20.8 Å². The van der Waals surface area contributed by atoms with E-state index in [2.05, 4.69) is 10.5 Å². The molecule has 0 aromatic heterocycles. The Morgan fingerprint density at radius 1 is 1.42 bits per heavy atom. The highest BCUT2D eigenvalue weighted by molar-refractivity contribution is 6.00. The van der Waals surface area contributed by atoms with Crippen LogP contribution >= 0.6 is 0 Å². The van der Waals surface area contributed by atoms with Crippen LogP contribution in [0.25, 0.3) is 0 Å². The van der Waals surface area contributed by atoms with Crippen molar-refractivity contribution in [3.63, 3.8) is 0 Å². The first kappa shape index (κ1) is 14.8. The number of hydrogen-bond donors (Lipinski definition) is 4. The van der Waals surface area contributed by atoms with Gasteiger partial charge in [0.15, 0.2) is 5.84 Å². The third-order valence-corrected chi connectivity index (χ3v) is 2.79. The first-order valence-corrected chi connectivity index (χ1v) is 5.94. The summed E-state index contributed by atoms with van der Waals surface area (Å²) >= 11 is 0. The maximum atomic E-state index is 12.0. The van der Waals surface area contributed by atoms with Gasteiger partial charge in [-0.05, 0) is 30.5 Å². The van der Waals surface area contributed by atoms with Crippen molar-refractivity contribution < 1.29 is 15.1 Å². The molecule has 5 N–H and O–H groups in total. The molecule has 1 aromatic carbocycles. The summed E-state index contributed by atoms with van der Waals surface area (Å²) in [6.45, 7) is 5.48. The fourth-order valence-electron chi connectivity index (χ4n) is 1.70. The zero-order chi connectivity index (χ0) is 14.6. The minimum absolute atomic E-state index is 0.0487. The van der Waals surface area contributed by atoms with Gasteiger partial charge in [0, 0.05) is 0 Å². The number of amidine groups is 1. The number of carbonyl (C=O) groups excluding carboxylic acids is 1. The van der Waals surface area contributed by atoms with E-state index < -0.39 is 11.9 Å². The van der Waals surface area contributed by atoms with E-state index in [1.54, 1.807) is 6.07 Å². The Balaban J connectivity index is 2.94. The molecule has 0 bridgehead atoms. The number of phenols is 1. The van der Waals surface area contributed by atoms with Gasteiger partial charge in [-0.3, -0.25) is 4.79 Å². The molecule has 0 aliphatic rings. The van der Waals surface area contributed by atoms with Gasteiger partial charge in [-0.1, -0.05) is 25.1 Å². The summed E-state index contributed by atoms with van der Waals surface area (Å²) in [5, 5.41) is 24.0. The van der Waals surface area contributed by atoms with E-state index in [-0.39, 0.29) is 23.1 Å². The van der Waals surface area contributed by atoms with E-state index in [9.17, 15) is 9.90 Å². The molecule has 0 fully saturated rings. The first-order valence-electron chi connectivity index (χ1n) is 5.94. The summed E-state index contributed by atoms with van der Waals surface area (Å²) in [6, 6.07) is 4.16. The fourth-order valence-corrected chi connectivity index (χ4v) is 1.70. The average molecular weight is 265 g/mol. The summed E-state index contributed by atoms with van der Waals surface area (Å²) in [6.07, 6.45) is 0. The van der Waals surface area contributed by atoms with Crippen molar-refractivity contribution in [2.75, 3.05) is 0 Å². The molecule has 1 unspecified atom stereocenters. The van der Waals surface area contributed by atoms with Crippen LogP contribution in [0.5, 0.6) is 5.75 Å². The third-order valence-electron chi connectivity index (χ3n) is 2.79. The van der Waals surface area contributed by atoms with Crippen LogP contribution in [0.2, 0.25) is 0 Å². The summed E-state index contributed by atoms with van der Waals surface area (Å²) in [7, 11) is 0. The lowest BCUT2D eigenvalue weighted by Crippen LogP contribution is -2.47. The highest BCUT2D eigenvalue weighted by Crippen LogP contribution is 2.18. The van der Waals surface area contributed by atoms with E-state index in [4.69, 9.17) is 10.9 Å². The Hall–Kier alpha value is -2.24. The van der Waals surface area contributed by atoms with E-state index in [1.165, 1.54) is 12.1 Å². The summed E-state index contributed by atoms with van der Waals surface area (Å²) in [5.41, 5.74) is 6.54. The fraction of sp³-hybridized carbons (Fsp3) is 0.385. The highest BCUT2D eigenvalue weighted by Gasteiger charge is 2.22. The number of nitrogens with one attached hydrogen (secondary N) is 1. The summed E-state index contributed by atoms with van der Waals surface area (Å²) < 4.78 is 0. The number of carbonyl (C=O) groups is 1. The average Bonchev–Trinajstić information content (AvgIpc) is 2.34. The molecule has 1 atom stereocenters. The maximum Gasteiger partial charge on any atom is 0.255 e. The number of benzene rings is 1. The number of hydrogen-bond acceptors (Lipinski definition) is 4. The van der Waals surface area contributed by atoms with Gasteiger partial charge in [0.1, 0.15) is 5.75 Å². The molecule has 19 heavy (non-hydrogen) atoms. The topological polar surface area (TPSA) is 108 Å². The van der Waals surface area contributed by atoms with Crippen LogP contribution in [0.1, 0.15) is 29.8 Å². The van der Waals surface area contributed by atoms with Crippen LogP contribution in [0.4, 0.5) is 0 Å². The Morgan fingerprint density at radius 2 is 2.05 bits per heavy atom. The minimum Gasteiger partial charge on any atom is -0.507 e. The van der Waals surface area contributed by atoms with Gasteiger partial charge in [0.05, 0.1) is 11.6 Å². The maximum absolute atomic E-state index is 12.0. The van der Waals surface area contributed by atoms with Crippen LogP contribution < -0.4 is 11.1 Å². The largest absolute Gasteiger partial charge is 0.507 e. The van der Waals surface area contributed by atoms with Crippen molar-refractivity contribution >= 4 is 11.7 Å². The van der Waals surface area contributed by atoms with Crippen molar-refractivity contribution in [3.8, 4) is 5.75 Å². The first-order chi connectivity index (χ1) is 8.86. The molecular formula is C13H19N3O3. The van der Waals surface area contributed by atoms with Crippen LogP contribution in [-0.4, -0.2) is 28.1 Å². The minimum atomic E-state index is -0.599. The van der Waals surface area contributed by atoms with Crippen LogP contribution in [0, 0.1) is 12.8 Å². The number of aryl methyl sites for hydroxylation is 1. The number of rotatable bonds is 4. The lowest BCUT2D eigenvalue weighted by Gasteiger charge is -2.21. The second-order valence-corrected chi connectivity index (χ2v) is 4.74. The van der Waals surface area contributed by atoms with Gasteiger partial charge < -0.3 is 21.4 Å². The molecule has 6 nitrogen and oxygen atoms in total. The van der Waals surface area contributed by atoms with E-state index in [0.29, 0.717) is 0 Å². The molecule has 0 aliphatic carbocycles. The molecule has 104 valence electrons. The monoisotopic (exact) mass is 265 g/mol. The second kappa shape index (κ2) is 6.08.